The number of hydrogen-bond donors (Lipinski definition) is 1. The van der Waals surface area contributed by atoms with E-state index in [1.54, 1.807) is 6.07 Å². The summed E-state index contributed by atoms with van der Waals surface area (Å²) in [6, 6.07) is 4.26. The van der Waals surface area contributed by atoms with Gasteiger partial charge in [-0.1, -0.05) is 6.92 Å². The third-order valence-corrected chi connectivity index (χ3v) is 3.34. The molecule has 1 aromatic carbocycles. The normalized spacial score (nSPS) is 10.4. The summed E-state index contributed by atoms with van der Waals surface area (Å²) < 4.78 is 19.6. The Morgan fingerprint density at radius 1 is 1.35 bits per heavy atom. The third kappa shape index (κ3) is 3.45. The predicted molar refractivity (Wildman–Crippen MR) is 79.7 cm³/mol. The number of rotatable bonds is 5. The summed E-state index contributed by atoms with van der Waals surface area (Å²) in [6.45, 7) is 4.76. The van der Waals surface area contributed by atoms with Crippen LogP contribution in [0.25, 0.3) is 0 Å². The van der Waals surface area contributed by atoms with E-state index >= 15 is 0 Å². The van der Waals surface area contributed by atoms with E-state index in [2.05, 4.69) is 38.1 Å². The fraction of sp³-hybridized carbons (Fsp3) is 0.286. The summed E-state index contributed by atoms with van der Waals surface area (Å²) in [5, 5.41) is 3.20. The summed E-state index contributed by atoms with van der Waals surface area (Å²) in [5.41, 5.74) is 0.789. The highest BCUT2D eigenvalue weighted by Gasteiger charge is 2.11. The Bertz CT molecular complexity index is 607. The van der Waals surface area contributed by atoms with Crippen molar-refractivity contribution in [3.05, 3.63) is 40.4 Å². The van der Waals surface area contributed by atoms with Crippen LogP contribution in [0.15, 0.2) is 29.0 Å². The van der Waals surface area contributed by atoms with Gasteiger partial charge >= 0.3 is 0 Å². The van der Waals surface area contributed by atoms with Gasteiger partial charge in [0.1, 0.15) is 23.7 Å². The molecule has 2 aromatic rings. The van der Waals surface area contributed by atoms with E-state index in [1.807, 2.05) is 6.92 Å². The summed E-state index contributed by atoms with van der Waals surface area (Å²) in [7, 11) is 0. The van der Waals surface area contributed by atoms with Gasteiger partial charge in [0.25, 0.3) is 0 Å². The van der Waals surface area contributed by atoms with E-state index in [0.717, 1.165) is 24.3 Å². The van der Waals surface area contributed by atoms with Crippen LogP contribution >= 0.6 is 15.9 Å². The van der Waals surface area contributed by atoms with Crippen LogP contribution in [0.2, 0.25) is 0 Å². The Hall–Kier alpha value is -1.69. The van der Waals surface area contributed by atoms with Gasteiger partial charge in [-0.15, -0.1) is 0 Å². The number of halogens is 2. The number of nitrogens with one attached hydrogen (secondary N) is 1. The molecular formula is C14H15BrFN3O. The molecule has 1 aromatic heterocycles. The Labute approximate surface area is 125 Å². The average molecular weight is 340 g/mol. The van der Waals surface area contributed by atoms with Crippen molar-refractivity contribution in [2.24, 2.45) is 0 Å². The number of anilines is 1. The van der Waals surface area contributed by atoms with Crippen LogP contribution < -0.4 is 10.1 Å². The Morgan fingerprint density at radius 2 is 2.15 bits per heavy atom. The smallest absolute Gasteiger partial charge is 0.227 e. The molecule has 0 saturated carbocycles. The molecule has 0 atom stereocenters. The number of nitrogens with zero attached hydrogens (tertiary/aromatic N) is 2. The second kappa shape index (κ2) is 6.65. The molecule has 1 N–H and O–H groups in total. The van der Waals surface area contributed by atoms with Gasteiger partial charge in [0.15, 0.2) is 0 Å². The minimum absolute atomic E-state index is 0.362. The molecule has 20 heavy (non-hydrogen) atoms. The highest BCUT2D eigenvalue weighted by Crippen LogP contribution is 2.32. The number of hydrogen-bond acceptors (Lipinski definition) is 4. The lowest BCUT2D eigenvalue weighted by atomic mass is 10.3. The van der Waals surface area contributed by atoms with Crippen LogP contribution in [0.3, 0.4) is 0 Å². The zero-order valence-electron chi connectivity index (χ0n) is 11.3. The SMILES string of the molecule is CCCNc1ncnc(Oc2cc(F)ccc2Br)c1C. The summed E-state index contributed by atoms with van der Waals surface area (Å²) in [4.78, 5) is 8.27. The molecule has 0 bridgehead atoms. The Morgan fingerprint density at radius 3 is 2.90 bits per heavy atom. The lowest BCUT2D eigenvalue weighted by molar-refractivity contribution is 0.450. The first-order chi connectivity index (χ1) is 9.61. The van der Waals surface area contributed by atoms with Crippen molar-refractivity contribution in [1.29, 1.82) is 0 Å². The van der Waals surface area contributed by atoms with Gasteiger partial charge in [0.2, 0.25) is 5.88 Å². The zero-order valence-corrected chi connectivity index (χ0v) is 12.9. The van der Waals surface area contributed by atoms with Gasteiger partial charge in [0.05, 0.1) is 10.0 Å². The van der Waals surface area contributed by atoms with Crippen molar-refractivity contribution in [2.75, 3.05) is 11.9 Å². The van der Waals surface area contributed by atoms with E-state index in [0.29, 0.717) is 16.1 Å². The molecule has 2 rings (SSSR count). The van der Waals surface area contributed by atoms with E-state index in [1.165, 1.54) is 18.5 Å². The molecule has 0 aliphatic rings. The molecule has 0 unspecified atom stereocenters. The van der Waals surface area contributed by atoms with E-state index in [-0.39, 0.29) is 5.82 Å². The van der Waals surface area contributed by atoms with Crippen molar-refractivity contribution in [3.63, 3.8) is 0 Å². The van der Waals surface area contributed by atoms with Gasteiger partial charge in [-0.2, -0.15) is 0 Å². The van der Waals surface area contributed by atoms with Crippen molar-refractivity contribution in [1.82, 2.24) is 9.97 Å². The lowest BCUT2D eigenvalue weighted by Gasteiger charge is -2.12. The Kier molecular flexibility index (Phi) is 4.89. The van der Waals surface area contributed by atoms with Gasteiger partial charge in [0, 0.05) is 12.6 Å². The average Bonchev–Trinajstić information content (AvgIpc) is 2.44. The summed E-state index contributed by atoms with van der Waals surface area (Å²) >= 11 is 3.32. The largest absolute Gasteiger partial charge is 0.437 e. The molecular weight excluding hydrogens is 325 g/mol. The van der Waals surface area contributed by atoms with Crippen LogP contribution in [0.4, 0.5) is 10.2 Å². The Balaban J connectivity index is 2.27. The standard InChI is InChI=1S/C14H15BrFN3O/c1-3-6-17-13-9(2)14(19-8-18-13)20-12-7-10(16)4-5-11(12)15/h4-5,7-8H,3,6H2,1-2H3,(H,17,18,19). The molecule has 6 heteroatoms. The molecule has 0 saturated heterocycles. The molecule has 0 radical (unpaired) electrons. The quantitative estimate of drug-likeness (QED) is 0.882. The minimum Gasteiger partial charge on any atom is -0.437 e. The minimum atomic E-state index is -0.362. The van der Waals surface area contributed by atoms with Crippen molar-refractivity contribution < 1.29 is 9.13 Å². The highest BCUT2D eigenvalue weighted by molar-refractivity contribution is 9.10. The van der Waals surface area contributed by atoms with Gasteiger partial charge in [-0.3, -0.25) is 0 Å². The molecule has 1 heterocycles. The van der Waals surface area contributed by atoms with Crippen molar-refractivity contribution in [3.8, 4) is 11.6 Å². The summed E-state index contributed by atoms with van der Waals surface area (Å²) in [5.74, 6) is 1.15. The van der Waals surface area contributed by atoms with Crippen LogP contribution in [-0.2, 0) is 0 Å². The van der Waals surface area contributed by atoms with E-state index < -0.39 is 0 Å². The molecule has 4 nitrogen and oxygen atoms in total. The first-order valence-corrected chi connectivity index (χ1v) is 7.09. The monoisotopic (exact) mass is 339 g/mol. The molecule has 0 spiro atoms. The third-order valence-electron chi connectivity index (χ3n) is 2.68. The maximum absolute atomic E-state index is 13.3. The first kappa shape index (κ1) is 14.7. The second-order valence-electron chi connectivity index (χ2n) is 4.26. The maximum Gasteiger partial charge on any atom is 0.227 e. The lowest BCUT2D eigenvalue weighted by Crippen LogP contribution is -2.05. The fourth-order valence-electron chi connectivity index (χ4n) is 1.62. The van der Waals surface area contributed by atoms with E-state index in [9.17, 15) is 4.39 Å². The first-order valence-electron chi connectivity index (χ1n) is 6.30. The predicted octanol–water partition coefficient (Wildman–Crippen LogP) is 4.30. The topological polar surface area (TPSA) is 47.0 Å². The fourth-order valence-corrected chi connectivity index (χ4v) is 1.95. The molecule has 0 fully saturated rings. The van der Waals surface area contributed by atoms with Gasteiger partial charge < -0.3 is 10.1 Å². The van der Waals surface area contributed by atoms with Crippen LogP contribution in [0, 0.1) is 12.7 Å². The van der Waals surface area contributed by atoms with Crippen molar-refractivity contribution in [2.45, 2.75) is 20.3 Å². The highest BCUT2D eigenvalue weighted by atomic mass is 79.9. The van der Waals surface area contributed by atoms with E-state index in [4.69, 9.17) is 4.74 Å². The number of aromatic nitrogens is 2. The van der Waals surface area contributed by atoms with Crippen LogP contribution in [-0.4, -0.2) is 16.5 Å². The number of ether oxygens (including phenoxy) is 1. The van der Waals surface area contributed by atoms with Crippen LogP contribution in [0.5, 0.6) is 11.6 Å². The van der Waals surface area contributed by atoms with Gasteiger partial charge in [-0.25, -0.2) is 14.4 Å². The zero-order chi connectivity index (χ0) is 14.5. The molecule has 0 amide bonds. The van der Waals surface area contributed by atoms with Gasteiger partial charge in [-0.05, 0) is 41.4 Å². The maximum atomic E-state index is 13.3. The summed E-state index contributed by atoms with van der Waals surface area (Å²) in [6.07, 6.45) is 2.42. The second-order valence-corrected chi connectivity index (χ2v) is 5.11. The van der Waals surface area contributed by atoms with Crippen LogP contribution in [0.1, 0.15) is 18.9 Å². The number of benzene rings is 1. The molecule has 0 aliphatic carbocycles. The molecule has 0 aliphatic heterocycles. The molecule has 106 valence electrons. The van der Waals surface area contributed by atoms with Crippen molar-refractivity contribution >= 4 is 21.7 Å².